The minimum absolute atomic E-state index is 0.0216. The molecule has 0 bridgehead atoms. The molecule has 0 N–H and O–H groups in total. The van der Waals surface area contributed by atoms with Crippen molar-refractivity contribution in [2.24, 2.45) is 0 Å². The van der Waals surface area contributed by atoms with Crippen LogP contribution in [0.2, 0.25) is 0 Å². The lowest BCUT2D eigenvalue weighted by atomic mass is 10.1. The molecule has 0 spiro atoms. The van der Waals surface area contributed by atoms with E-state index in [1.54, 1.807) is 24.3 Å². The molecule has 1 aromatic rings. The highest BCUT2D eigenvalue weighted by Crippen LogP contribution is 2.14. The van der Waals surface area contributed by atoms with Gasteiger partial charge in [0.2, 0.25) is 11.5 Å². The molecule has 2 rings (SSSR count). The minimum Gasteiger partial charge on any atom is -0.493 e. The van der Waals surface area contributed by atoms with Crippen molar-refractivity contribution in [3.8, 4) is 0 Å². The number of carbonyl (C=O) groups is 2. The molecule has 5 nitrogen and oxygen atoms in total. The Balaban J connectivity index is 1.98. The number of halogens is 1. The van der Waals surface area contributed by atoms with Gasteiger partial charge in [0.15, 0.2) is 6.10 Å². The minimum atomic E-state index is -0.893. The summed E-state index contributed by atoms with van der Waals surface area (Å²) in [5, 5.41) is 0. The fourth-order valence-electron chi connectivity index (χ4n) is 1.60. The first-order chi connectivity index (χ1) is 9.58. The molecule has 0 saturated heterocycles. The van der Waals surface area contributed by atoms with Gasteiger partial charge in [-0.1, -0.05) is 28.1 Å². The van der Waals surface area contributed by atoms with E-state index in [9.17, 15) is 9.59 Å². The van der Waals surface area contributed by atoms with Gasteiger partial charge in [-0.15, -0.1) is 0 Å². The SMILES string of the molecule is C[C@@H](OC(=O)C1=COCCO1)C(=O)c1ccc(Br)cc1. The van der Waals surface area contributed by atoms with Gasteiger partial charge in [0.25, 0.3) is 0 Å². The molecule has 0 saturated carbocycles. The number of benzene rings is 1. The zero-order chi connectivity index (χ0) is 14.5. The predicted molar refractivity (Wildman–Crippen MR) is 74.0 cm³/mol. The number of Topliss-reactive ketones (excluding diaryl/α,β-unsaturated/α-hetero) is 1. The van der Waals surface area contributed by atoms with Crippen molar-refractivity contribution in [2.45, 2.75) is 13.0 Å². The lowest BCUT2D eigenvalue weighted by Crippen LogP contribution is -2.27. The van der Waals surface area contributed by atoms with Gasteiger partial charge in [0, 0.05) is 10.0 Å². The average Bonchev–Trinajstić information content (AvgIpc) is 2.48. The molecule has 0 fully saturated rings. The van der Waals surface area contributed by atoms with Gasteiger partial charge in [0.1, 0.15) is 19.5 Å². The number of esters is 1. The molecule has 20 heavy (non-hydrogen) atoms. The van der Waals surface area contributed by atoms with E-state index in [2.05, 4.69) is 15.9 Å². The molecular weight excluding hydrogens is 328 g/mol. The van der Waals surface area contributed by atoms with E-state index in [0.29, 0.717) is 12.2 Å². The maximum atomic E-state index is 12.1. The van der Waals surface area contributed by atoms with E-state index in [-0.39, 0.29) is 18.1 Å². The van der Waals surface area contributed by atoms with Gasteiger partial charge < -0.3 is 14.2 Å². The highest BCUT2D eigenvalue weighted by molar-refractivity contribution is 9.10. The maximum Gasteiger partial charge on any atom is 0.377 e. The van der Waals surface area contributed by atoms with Crippen molar-refractivity contribution in [1.82, 2.24) is 0 Å². The number of ether oxygens (including phenoxy) is 3. The molecule has 1 heterocycles. The Morgan fingerprint density at radius 3 is 2.55 bits per heavy atom. The first-order valence-electron chi connectivity index (χ1n) is 6.03. The topological polar surface area (TPSA) is 61.8 Å². The molecule has 0 aromatic heterocycles. The predicted octanol–water partition coefficient (Wildman–Crippen LogP) is 2.45. The Hall–Kier alpha value is -1.82. The Labute approximate surface area is 124 Å². The third kappa shape index (κ3) is 3.60. The molecule has 1 atom stereocenters. The lowest BCUT2D eigenvalue weighted by molar-refractivity contribution is -0.147. The fourth-order valence-corrected chi connectivity index (χ4v) is 1.86. The first kappa shape index (κ1) is 14.6. The summed E-state index contributed by atoms with van der Waals surface area (Å²) in [4.78, 5) is 23.8. The quantitative estimate of drug-likeness (QED) is 0.622. The van der Waals surface area contributed by atoms with Crippen molar-refractivity contribution in [3.05, 3.63) is 46.3 Å². The molecule has 6 heteroatoms. The summed E-state index contributed by atoms with van der Waals surface area (Å²) in [5.74, 6) is -1.00. The molecule has 106 valence electrons. The number of hydrogen-bond donors (Lipinski definition) is 0. The van der Waals surface area contributed by atoms with E-state index in [1.165, 1.54) is 13.2 Å². The summed E-state index contributed by atoms with van der Waals surface area (Å²) >= 11 is 3.29. The van der Waals surface area contributed by atoms with Crippen LogP contribution in [0.4, 0.5) is 0 Å². The normalized spacial score (nSPS) is 15.4. The van der Waals surface area contributed by atoms with Crippen LogP contribution in [-0.4, -0.2) is 31.1 Å². The van der Waals surface area contributed by atoms with Crippen LogP contribution in [0.5, 0.6) is 0 Å². The van der Waals surface area contributed by atoms with Crippen LogP contribution in [0.15, 0.2) is 40.8 Å². The van der Waals surface area contributed by atoms with Crippen LogP contribution in [0, 0.1) is 0 Å². The second-order valence-electron chi connectivity index (χ2n) is 4.12. The molecule has 1 aliphatic heterocycles. The van der Waals surface area contributed by atoms with Crippen LogP contribution < -0.4 is 0 Å². The monoisotopic (exact) mass is 340 g/mol. The molecule has 0 radical (unpaired) electrons. The van der Waals surface area contributed by atoms with Gasteiger partial charge in [-0.3, -0.25) is 4.79 Å². The largest absolute Gasteiger partial charge is 0.493 e. The Morgan fingerprint density at radius 2 is 1.95 bits per heavy atom. The zero-order valence-electron chi connectivity index (χ0n) is 10.8. The molecule has 1 aliphatic rings. The Bertz CT molecular complexity index is 535. The van der Waals surface area contributed by atoms with Crippen LogP contribution in [0.25, 0.3) is 0 Å². The lowest BCUT2D eigenvalue weighted by Gasteiger charge is -2.17. The highest BCUT2D eigenvalue weighted by atomic mass is 79.9. The van der Waals surface area contributed by atoms with E-state index in [1.807, 2.05) is 0 Å². The Kier molecular flexibility index (Phi) is 4.79. The summed E-state index contributed by atoms with van der Waals surface area (Å²) in [6.07, 6.45) is 0.304. The summed E-state index contributed by atoms with van der Waals surface area (Å²) in [6, 6.07) is 6.83. The van der Waals surface area contributed by atoms with Crippen molar-refractivity contribution in [2.75, 3.05) is 13.2 Å². The average molecular weight is 341 g/mol. The second-order valence-corrected chi connectivity index (χ2v) is 5.04. The van der Waals surface area contributed by atoms with E-state index < -0.39 is 12.1 Å². The van der Waals surface area contributed by atoms with Crippen LogP contribution in [0.1, 0.15) is 17.3 Å². The summed E-state index contributed by atoms with van der Waals surface area (Å²) in [5.41, 5.74) is 0.475. The molecular formula is C14H13BrO5. The molecule has 1 aromatic carbocycles. The van der Waals surface area contributed by atoms with Gasteiger partial charge in [0.05, 0.1) is 0 Å². The van der Waals surface area contributed by atoms with Crippen LogP contribution in [-0.2, 0) is 19.0 Å². The molecule has 0 unspecified atom stereocenters. The number of ketones is 1. The molecule has 0 aliphatic carbocycles. The van der Waals surface area contributed by atoms with Crippen molar-refractivity contribution in [3.63, 3.8) is 0 Å². The van der Waals surface area contributed by atoms with E-state index in [0.717, 1.165) is 4.47 Å². The Morgan fingerprint density at radius 1 is 1.25 bits per heavy atom. The van der Waals surface area contributed by atoms with Crippen molar-refractivity contribution in [1.29, 1.82) is 0 Å². The van der Waals surface area contributed by atoms with Crippen LogP contribution in [0.3, 0.4) is 0 Å². The van der Waals surface area contributed by atoms with Gasteiger partial charge in [-0.25, -0.2) is 4.79 Å². The molecule has 0 amide bonds. The smallest absolute Gasteiger partial charge is 0.377 e. The first-order valence-corrected chi connectivity index (χ1v) is 6.82. The standard InChI is InChI=1S/C14H13BrO5/c1-9(13(16)10-2-4-11(15)5-3-10)20-14(17)12-8-18-6-7-19-12/h2-5,8-9H,6-7H2,1H3/t9-/m1/s1. The maximum absolute atomic E-state index is 12.1. The summed E-state index contributed by atoms with van der Waals surface area (Å²) < 4.78 is 16.0. The fraction of sp³-hybridized carbons (Fsp3) is 0.286. The third-order valence-corrected chi connectivity index (χ3v) is 3.16. The summed E-state index contributed by atoms with van der Waals surface area (Å²) in [7, 11) is 0. The van der Waals surface area contributed by atoms with Crippen LogP contribution >= 0.6 is 15.9 Å². The second kappa shape index (κ2) is 6.56. The highest BCUT2D eigenvalue weighted by Gasteiger charge is 2.23. The number of carbonyl (C=O) groups excluding carboxylic acids is 2. The van der Waals surface area contributed by atoms with E-state index >= 15 is 0 Å². The van der Waals surface area contributed by atoms with Crippen molar-refractivity contribution < 1.29 is 23.8 Å². The zero-order valence-corrected chi connectivity index (χ0v) is 12.4. The third-order valence-electron chi connectivity index (χ3n) is 2.63. The van der Waals surface area contributed by atoms with Gasteiger partial charge in [-0.2, -0.15) is 0 Å². The van der Waals surface area contributed by atoms with Crippen molar-refractivity contribution >= 4 is 27.7 Å². The number of hydrogen-bond acceptors (Lipinski definition) is 5. The van der Waals surface area contributed by atoms with E-state index in [4.69, 9.17) is 14.2 Å². The number of rotatable bonds is 4. The summed E-state index contributed by atoms with van der Waals surface area (Å²) in [6.45, 7) is 2.20. The van der Waals surface area contributed by atoms with Gasteiger partial charge in [-0.05, 0) is 19.1 Å². The van der Waals surface area contributed by atoms with Gasteiger partial charge >= 0.3 is 5.97 Å².